The lowest BCUT2D eigenvalue weighted by Gasteiger charge is -2.36. The van der Waals surface area contributed by atoms with Crippen LogP contribution < -0.4 is 5.32 Å². The highest BCUT2D eigenvalue weighted by Crippen LogP contribution is 2.26. The first-order valence-corrected chi connectivity index (χ1v) is 12.7. The van der Waals surface area contributed by atoms with Crippen LogP contribution in [0, 0.1) is 5.82 Å². The van der Waals surface area contributed by atoms with Crippen molar-refractivity contribution in [3.05, 3.63) is 70.5 Å². The molecular weight excluding hydrogens is 429 g/mol. The Morgan fingerprint density at radius 2 is 1.94 bits per heavy atom. The SMILES string of the molecule is CCCCC1CCCCN1CCCNC(=O)c1ccc2c(c1)C(=O)N(Cc1ccc(F)cc1)C2. The highest BCUT2D eigenvalue weighted by atomic mass is 19.1. The fraction of sp³-hybridized carbons (Fsp3) is 0.500. The summed E-state index contributed by atoms with van der Waals surface area (Å²) in [5.74, 6) is -0.506. The number of nitrogens with zero attached hydrogens (tertiary/aromatic N) is 2. The van der Waals surface area contributed by atoms with Gasteiger partial charge in [0.25, 0.3) is 11.8 Å². The Labute approximate surface area is 202 Å². The topological polar surface area (TPSA) is 52.7 Å². The number of unbranched alkanes of at least 4 members (excludes halogenated alkanes) is 1. The van der Waals surface area contributed by atoms with E-state index in [0.717, 1.165) is 24.1 Å². The molecule has 2 aliphatic heterocycles. The van der Waals surface area contributed by atoms with Crippen LogP contribution in [0.2, 0.25) is 0 Å². The van der Waals surface area contributed by atoms with E-state index in [1.165, 1.54) is 57.2 Å². The Morgan fingerprint density at radius 1 is 1.12 bits per heavy atom. The van der Waals surface area contributed by atoms with Gasteiger partial charge in [-0.1, -0.05) is 44.4 Å². The maximum absolute atomic E-state index is 13.2. The number of carbonyl (C=O) groups excluding carboxylic acids is 2. The number of halogens is 1. The van der Waals surface area contributed by atoms with E-state index in [2.05, 4.69) is 17.1 Å². The van der Waals surface area contributed by atoms with Crippen molar-refractivity contribution in [3.8, 4) is 0 Å². The molecule has 182 valence electrons. The molecule has 0 aliphatic carbocycles. The lowest BCUT2D eigenvalue weighted by molar-refractivity contribution is 0.0766. The number of hydrogen-bond acceptors (Lipinski definition) is 3. The van der Waals surface area contributed by atoms with E-state index < -0.39 is 0 Å². The van der Waals surface area contributed by atoms with Crippen molar-refractivity contribution in [3.63, 3.8) is 0 Å². The first kappa shape index (κ1) is 24.4. The standard InChI is InChI=1S/C28H36FN3O2/c1-2-3-7-25-8-4-5-16-31(25)17-6-15-30-27(33)22-11-12-23-20-32(28(34)26(23)18-22)19-21-9-13-24(29)14-10-21/h9-14,18,25H,2-8,15-17,19-20H2,1H3,(H,30,33). The Balaban J connectivity index is 1.27. The van der Waals surface area contributed by atoms with Crippen molar-refractivity contribution >= 4 is 11.8 Å². The Morgan fingerprint density at radius 3 is 2.74 bits per heavy atom. The molecule has 0 saturated carbocycles. The number of likely N-dealkylation sites (tertiary alicyclic amines) is 1. The van der Waals surface area contributed by atoms with Crippen LogP contribution in [0.3, 0.4) is 0 Å². The van der Waals surface area contributed by atoms with Crippen LogP contribution in [0.25, 0.3) is 0 Å². The first-order chi connectivity index (χ1) is 16.5. The zero-order valence-electron chi connectivity index (χ0n) is 20.2. The summed E-state index contributed by atoms with van der Waals surface area (Å²) in [7, 11) is 0. The van der Waals surface area contributed by atoms with E-state index in [0.29, 0.717) is 36.8 Å². The van der Waals surface area contributed by atoms with Gasteiger partial charge in [0.15, 0.2) is 0 Å². The second-order valence-corrected chi connectivity index (χ2v) is 9.60. The second-order valence-electron chi connectivity index (χ2n) is 9.60. The molecule has 2 aromatic carbocycles. The highest BCUT2D eigenvalue weighted by Gasteiger charge is 2.28. The molecule has 2 amide bonds. The molecule has 6 heteroatoms. The third kappa shape index (κ3) is 6.03. The van der Waals surface area contributed by atoms with Gasteiger partial charge in [-0.3, -0.25) is 9.59 Å². The summed E-state index contributed by atoms with van der Waals surface area (Å²) >= 11 is 0. The van der Waals surface area contributed by atoms with Gasteiger partial charge in [0.05, 0.1) is 0 Å². The van der Waals surface area contributed by atoms with Crippen molar-refractivity contribution in [1.29, 1.82) is 0 Å². The van der Waals surface area contributed by atoms with Crippen LogP contribution >= 0.6 is 0 Å². The molecule has 1 fully saturated rings. The van der Waals surface area contributed by atoms with Crippen molar-refractivity contribution < 1.29 is 14.0 Å². The van der Waals surface area contributed by atoms with Crippen molar-refractivity contribution in [2.24, 2.45) is 0 Å². The molecule has 0 spiro atoms. The Hall–Kier alpha value is -2.73. The highest BCUT2D eigenvalue weighted by molar-refractivity contribution is 6.02. The van der Waals surface area contributed by atoms with E-state index in [1.54, 1.807) is 29.2 Å². The Kier molecular flexibility index (Phi) is 8.33. The number of fused-ring (bicyclic) bond motifs is 1. The summed E-state index contributed by atoms with van der Waals surface area (Å²) in [6.45, 7) is 6.00. The predicted molar refractivity (Wildman–Crippen MR) is 132 cm³/mol. The molecule has 2 heterocycles. The molecule has 0 radical (unpaired) electrons. The summed E-state index contributed by atoms with van der Waals surface area (Å²) in [5.41, 5.74) is 2.91. The molecule has 1 N–H and O–H groups in total. The smallest absolute Gasteiger partial charge is 0.254 e. The average molecular weight is 466 g/mol. The molecule has 1 saturated heterocycles. The molecule has 1 unspecified atom stereocenters. The van der Waals surface area contributed by atoms with E-state index in [-0.39, 0.29) is 17.6 Å². The lowest BCUT2D eigenvalue weighted by Crippen LogP contribution is -2.41. The maximum atomic E-state index is 13.2. The van der Waals surface area contributed by atoms with E-state index in [1.807, 2.05) is 6.07 Å². The van der Waals surface area contributed by atoms with Crippen LogP contribution in [-0.4, -0.2) is 47.3 Å². The van der Waals surface area contributed by atoms with Crippen LogP contribution in [0.5, 0.6) is 0 Å². The quantitative estimate of drug-likeness (QED) is 0.494. The van der Waals surface area contributed by atoms with Gasteiger partial charge in [-0.2, -0.15) is 0 Å². The summed E-state index contributed by atoms with van der Waals surface area (Å²) in [6, 6.07) is 12.3. The van der Waals surface area contributed by atoms with Crippen molar-refractivity contribution in [1.82, 2.24) is 15.1 Å². The summed E-state index contributed by atoms with van der Waals surface area (Å²) in [5, 5.41) is 3.03. The molecule has 0 aromatic heterocycles. The van der Waals surface area contributed by atoms with Gasteiger partial charge >= 0.3 is 0 Å². The third-order valence-corrected chi connectivity index (χ3v) is 7.09. The molecule has 4 rings (SSSR count). The predicted octanol–water partition coefficient (Wildman–Crippen LogP) is 5.15. The van der Waals surface area contributed by atoms with Gasteiger partial charge in [-0.15, -0.1) is 0 Å². The van der Waals surface area contributed by atoms with Gasteiger partial charge in [0.1, 0.15) is 5.82 Å². The van der Waals surface area contributed by atoms with Crippen molar-refractivity contribution in [2.75, 3.05) is 19.6 Å². The summed E-state index contributed by atoms with van der Waals surface area (Å²) < 4.78 is 13.2. The van der Waals surface area contributed by atoms with E-state index >= 15 is 0 Å². The molecule has 5 nitrogen and oxygen atoms in total. The Bertz CT molecular complexity index is 992. The first-order valence-electron chi connectivity index (χ1n) is 12.7. The van der Waals surface area contributed by atoms with Crippen LogP contribution in [0.4, 0.5) is 4.39 Å². The number of hydrogen-bond donors (Lipinski definition) is 1. The van der Waals surface area contributed by atoms with E-state index in [4.69, 9.17) is 0 Å². The minimum Gasteiger partial charge on any atom is -0.352 e. The number of rotatable bonds is 10. The van der Waals surface area contributed by atoms with E-state index in [9.17, 15) is 14.0 Å². The number of piperidine rings is 1. The van der Waals surface area contributed by atoms with Crippen LogP contribution in [0.15, 0.2) is 42.5 Å². The number of benzene rings is 2. The average Bonchev–Trinajstić information content (AvgIpc) is 3.16. The minimum absolute atomic E-state index is 0.0859. The minimum atomic E-state index is -0.289. The lowest BCUT2D eigenvalue weighted by atomic mass is 9.97. The van der Waals surface area contributed by atoms with Crippen LogP contribution in [0.1, 0.15) is 83.7 Å². The normalized spacial score (nSPS) is 18.2. The van der Waals surface area contributed by atoms with Gasteiger partial charge in [-0.25, -0.2) is 4.39 Å². The molecule has 2 aliphatic rings. The molecular formula is C28H36FN3O2. The monoisotopic (exact) mass is 465 g/mol. The fourth-order valence-electron chi connectivity index (χ4n) is 5.15. The summed E-state index contributed by atoms with van der Waals surface area (Å²) in [4.78, 5) is 30.0. The third-order valence-electron chi connectivity index (χ3n) is 7.09. The molecule has 2 aromatic rings. The van der Waals surface area contributed by atoms with Gasteiger partial charge in [0, 0.05) is 43.3 Å². The second kappa shape index (κ2) is 11.6. The molecule has 1 atom stereocenters. The van der Waals surface area contributed by atoms with Gasteiger partial charge in [-0.05, 0) is 67.6 Å². The summed E-state index contributed by atoms with van der Waals surface area (Å²) in [6.07, 6.45) is 8.65. The number of nitrogens with one attached hydrogen (secondary N) is 1. The zero-order chi connectivity index (χ0) is 23.9. The number of amides is 2. The van der Waals surface area contributed by atoms with Gasteiger partial charge in [0.2, 0.25) is 0 Å². The fourth-order valence-corrected chi connectivity index (χ4v) is 5.15. The molecule has 0 bridgehead atoms. The molecule has 34 heavy (non-hydrogen) atoms. The van der Waals surface area contributed by atoms with Crippen LogP contribution in [-0.2, 0) is 13.1 Å². The maximum Gasteiger partial charge on any atom is 0.254 e. The largest absolute Gasteiger partial charge is 0.352 e. The zero-order valence-corrected chi connectivity index (χ0v) is 20.2. The van der Waals surface area contributed by atoms with Gasteiger partial charge < -0.3 is 15.1 Å². The van der Waals surface area contributed by atoms with Crippen molar-refractivity contribution in [2.45, 2.75) is 71.0 Å². The number of carbonyl (C=O) groups is 2.